The van der Waals surface area contributed by atoms with Gasteiger partial charge in [-0.05, 0) is 46.0 Å². The van der Waals surface area contributed by atoms with Crippen molar-refractivity contribution in [2.45, 2.75) is 37.8 Å². The summed E-state index contributed by atoms with van der Waals surface area (Å²) >= 11 is 0. The Kier molecular flexibility index (Phi) is 6.73. The Morgan fingerprint density at radius 2 is 1.79 bits per heavy atom. The Morgan fingerprint density at radius 3 is 2.29 bits per heavy atom. The SMILES string of the molecule is CNS(=O)(=O)c1cc(C(=O)O[C@H](C)C(=O)NC(C)C)ccc1OC. The molecule has 1 rings (SSSR count). The highest BCUT2D eigenvalue weighted by molar-refractivity contribution is 7.89. The summed E-state index contributed by atoms with van der Waals surface area (Å²) in [6.07, 6.45) is -1.01. The van der Waals surface area contributed by atoms with Gasteiger partial charge in [0.05, 0.1) is 12.7 Å². The van der Waals surface area contributed by atoms with Gasteiger partial charge in [-0.25, -0.2) is 17.9 Å². The molecule has 2 N–H and O–H groups in total. The quantitative estimate of drug-likeness (QED) is 0.693. The van der Waals surface area contributed by atoms with Crippen molar-refractivity contribution >= 4 is 21.9 Å². The van der Waals surface area contributed by atoms with Crippen LogP contribution in [0.25, 0.3) is 0 Å². The van der Waals surface area contributed by atoms with Gasteiger partial charge in [-0.15, -0.1) is 0 Å². The van der Waals surface area contributed by atoms with E-state index in [9.17, 15) is 18.0 Å². The van der Waals surface area contributed by atoms with Crippen molar-refractivity contribution in [2.75, 3.05) is 14.2 Å². The maximum absolute atomic E-state index is 12.2. The van der Waals surface area contributed by atoms with E-state index < -0.39 is 28.0 Å². The van der Waals surface area contributed by atoms with Crippen LogP contribution in [0.4, 0.5) is 0 Å². The summed E-state index contributed by atoms with van der Waals surface area (Å²) in [4.78, 5) is 23.7. The van der Waals surface area contributed by atoms with Gasteiger partial charge in [0.2, 0.25) is 10.0 Å². The lowest BCUT2D eigenvalue weighted by Gasteiger charge is -2.16. The molecule has 0 fully saturated rings. The minimum absolute atomic E-state index is 0.00572. The topological polar surface area (TPSA) is 111 Å². The van der Waals surface area contributed by atoms with Crippen LogP contribution < -0.4 is 14.8 Å². The highest BCUT2D eigenvalue weighted by Gasteiger charge is 2.23. The third-order valence-corrected chi connectivity index (χ3v) is 4.48. The number of methoxy groups -OCH3 is 1. The third-order valence-electron chi connectivity index (χ3n) is 3.04. The predicted molar refractivity (Wildman–Crippen MR) is 87.4 cm³/mol. The molecule has 0 aromatic heterocycles. The average Bonchev–Trinajstić information content (AvgIpc) is 2.53. The molecule has 0 saturated heterocycles. The molecule has 134 valence electrons. The van der Waals surface area contributed by atoms with Gasteiger partial charge in [0, 0.05) is 6.04 Å². The number of carbonyl (C=O) groups excluding carboxylic acids is 2. The first-order valence-corrected chi connectivity index (χ1v) is 8.73. The smallest absolute Gasteiger partial charge is 0.338 e. The van der Waals surface area contributed by atoms with E-state index in [1.165, 1.54) is 33.2 Å². The predicted octanol–water partition coefficient (Wildman–Crippen LogP) is 0.673. The van der Waals surface area contributed by atoms with Gasteiger partial charge in [0.1, 0.15) is 10.6 Å². The molecular weight excluding hydrogens is 336 g/mol. The Hall–Kier alpha value is -2.13. The molecule has 9 heteroatoms. The fourth-order valence-electron chi connectivity index (χ4n) is 1.81. The molecule has 1 aromatic rings. The van der Waals surface area contributed by atoms with E-state index in [1.807, 2.05) is 0 Å². The number of hydrogen-bond donors (Lipinski definition) is 2. The van der Waals surface area contributed by atoms with Crippen LogP contribution in [0.5, 0.6) is 5.75 Å². The van der Waals surface area contributed by atoms with E-state index >= 15 is 0 Å². The lowest BCUT2D eigenvalue weighted by Crippen LogP contribution is -2.39. The average molecular weight is 358 g/mol. The molecular formula is C15H22N2O6S. The van der Waals surface area contributed by atoms with E-state index in [4.69, 9.17) is 9.47 Å². The van der Waals surface area contributed by atoms with Crippen LogP contribution in [-0.2, 0) is 19.6 Å². The first-order chi connectivity index (χ1) is 11.1. The van der Waals surface area contributed by atoms with Crippen LogP contribution in [0.1, 0.15) is 31.1 Å². The van der Waals surface area contributed by atoms with E-state index in [2.05, 4.69) is 10.0 Å². The number of rotatable bonds is 7. The molecule has 0 heterocycles. The fourth-order valence-corrected chi connectivity index (χ4v) is 2.73. The first-order valence-electron chi connectivity index (χ1n) is 7.25. The molecule has 8 nitrogen and oxygen atoms in total. The zero-order valence-electron chi connectivity index (χ0n) is 14.2. The van der Waals surface area contributed by atoms with Crippen LogP contribution in [-0.4, -0.2) is 46.6 Å². The number of nitrogens with one attached hydrogen (secondary N) is 2. The van der Waals surface area contributed by atoms with Crippen molar-refractivity contribution in [1.82, 2.24) is 10.0 Å². The number of ether oxygens (including phenoxy) is 2. The van der Waals surface area contributed by atoms with Crippen molar-refractivity contribution in [3.63, 3.8) is 0 Å². The van der Waals surface area contributed by atoms with Crippen molar-refractivity contribution in [2.24, 2.45) is 0 Å². The highest BCUT2D eigenvalue weighted by atomic mass is 32.2. The first kappa shape index (κ1) is 19.9. The third kappa shape index (κ3) is 4.93. The standard InChI is InChI=1S/C15H22N2O6S/c1-9(2)17-14(18)10(3)23-15(19)11-6-7-12(22-5)13(8-11)24(20,21)16-4/h6-10,16H,1-5H3,(H,17,18)/t10-/m1/s1. The molecule has 1 aromatic carbocycles. The van der Waals surface area contributed by atoms with Gasteiger partial charge in [-0.3, -0.25) is 4.79 Å². The summed E-state index contributed by atoms with van der Waals surface area (Å²) in [5, 5.41) is 2.62. The zero-order valence-corrected chi connectivity index (χ0v) is 15.1. The van der Waals surface area contributed by atoms with Gasteiger partial charge in [0.25, 0.3) is 5.91 Å². The lowest BCUT2D eigenvalue weighted by molar-refractivity contribution is -0.129. The fraction of sp³-hybridized carbons (Fsp3) is 0.467. The summed E-state index contributed by atoms with van der Waals surface area (Å²) in [5.41, 5.74) is -0.00572. The summed E-state index contributed by atoms with van der Waals surface area (Å²) in [6.45, 7) is 5.00. The number of carbonyl (C=O) groups is 2. The second kappa shape index (κ2) is 8.11. The number of sulfonamides is 1. The van der Waals surface area contributed by atoms with E-state index in [1.54, 1.807) is 13.8 Å². The molecule has 0 aliphatic carbocycles. The molecule has 0 radical (unpaired) electrons. The van der Waals surface area contributed by atoms with Gasteiger partial charge in [0.15, 0.2) is 6.10 Å². The summed E-state index contributed by atoms with van der Waals surface area (Å²) in [6, 6.07) is 3.76. The largest absolute Gasteiger partial charge is 0.495 e. The van der Waals surface area contributed by atoms with E-state index in [0.29, 0.717) is 0 Å². The van der Waals surface area contributed by atoms with Crippen LogP contribution in [0.2, 0.25) is 0 Å². The summed E-state index contributed by atoms with van der Waals surface area (Å²) in [7, 11) is -1.25. The van der Waals surface area contributed by atoms with Crippen molar-refractivity contribution in [1.29, 1.82) is 0 Å². The second-order valence-corrected chi connectivity index (χ2v) is 7.14. The number of amides is 1. The highest BCUT2D eigenvalue weighted by Crippen LogP contribution is 2.25. The Bertz CT molecular complexity index is 715. The van der Waals surface area contributed by atoms with Crippen molar-refractivity contribution in [3.05, 3.63) is 23.8 Å². The number of benzene rings is 1. The molecule has 0 unspecified atom stereocenters. The minimum atomic E-state index is -3.82. The van der Waals surface area contributed by atoms with Crippen LogP contribution >= 0.6 is 0 Å². The lowest BCUT2D eigenvalue weighted by atomic mass is 10.2. The van der Waals surface area contributed by atoms with Crippen LogP contribution in [0.15, 0.2) is 23.1 Å². The molecule has 1 amide bonds. The summed E-state index contributed by atoms with van der Waals surface area (Å²) < 4.78 is 36.2. The molecule has 1 atom stereocenters. The summed E-state index contributed by atoms with van der Waals surface area (Å²) in [5.74, 6) is -1.15. The molecule has 0 aliphatic rings. The Balaban J connectivity index is 3.04. The molecule has 0 bridgehead atoms. The van der Waals surface area contributed by atoms with Gasteiger partial charge in [-0.1, -0.05) is 0 Å². The monoisotopic (exact) mass is 358 g/mol. The number of hydrogen-bond acceptors (Lipinski definition) is 6. The Morgan fingerprint density at radius 1 is 1.17 bits per heavy atom. The molecule has 0 spiro atoms. The molecule has 24 heavy (non-hydrogen) atoms. The maximum atomic E-state index is 12.2. The normalized spacial score (nSPS) is 12.6. The van der Waals surface area contributed by atoms with Gasteiger partial charge in [-0.2, -0.15) is 0 Å². The minimum Gasteiger partial charge on any atom is -0.495 e. The van der Waals surface area contributed by atoms with E-state index in [-0.39, 0.29) is 22.3 Å². The van der Waals surface area contributed by atoms with Crippen LogP contribution in [0.3, 0.4) is 0 Å². The maximum Gasteiger partial charge on any atom is 0.338 e. The van der Waals surface area contributed by atoms with Gasteiger partial charge >= 0.3 is 5.97 Å². The molecule has 0 saturated carbocycles. The zero-order chi connectivity index (χ0) is 18.5. The van der Waals surface area contributed by atoms with E-state index in [0.717, 1.165) is 6.07 Å². The van der Waals surface area contributed by atoms with Crippen molar-refractivity contribution in [3.8, 4) is 5.75 Å². The number of esters is 1. The van der Waals surface area contributed by atoms with Crippen LogP contribution in [0, 0.1) is 0 Å². The van der Waals surface area contributed by atoms with Crippen molar-refractivity contribution < 1.29 is 27.5 Å². The Labute approximate surface area is 141 Å². The second-order valence-electron chi connectivity index (χ2n) is 5.28. The molecule has 0 aliphatic heterocycles. The van der Waals surface area contributed by atoms with Gasteiger partial charge < -0.3 is 14.8 Å².